The van der Waals surface area contributed by atoms with Gasteiger partial charge in [0.15, 0.2) is 0 Å². The number of hydrogen-bond acceptors (Lipinski definition) is 4. The molecule has 6 heteroatoms. The Bertz CT molecular complexity index is 488. The van der Waals surface area contributed by atoms with Crippen molar-refractivity contribution in [3.8, 4) is 0 Å². The third kappa shape index (κ3) is 3.18. The van der Waals surface area contributed by atoms with Crippen molar-refractivity contribution in [1.82, 2.24) is 4.72 Å². The van der Waals surface area contributed by atoms with Crippen LogP contribution < -0.4 is 10.5 Å². The molecule has 0 amide bonds. The van der Waals surface area contributed by atoms with E-state index in [0.717, 1.165) is 11.1 Å². The van der Waals surface area contributed by atoms with Crippen molar-refractivity contribution in [2.24, 2.45) is 0 Å². The molecule has 5 nitrogen and oxygen atoms in total. The van der Waals surface area contributed by atoms with Crippen LogP contribution in [0.2, 0.25) is 0 Å². The van der Waals surface area contributed by atoms with Crippen molar-refractivity contribution in [2.45, 2.75) is 31.7 Å². The maximum absolute atomic E-state index is 11.9. The van der Waals surface area contributed by atoms with E-state index in [0.29, 0.717) is 5.69 Å². The Balaban J connectivity index is 3.16. The van der Waals surface area contributed by atoms with Gasteiger partial charge >= 0.3 is 0 Å². The first-order valence-electron chi connectivity index (χ1n) is 5.28. The average Bonchev–Trinajstić information content (AvgIpc) is 2.24. The second-order valence-corrected chi connectivity index (χ2v) is 5.87. The van der Waals surface area contributed by atoms with Crippen LogP contribution in [-0.2, 0) is 10.0 Å². The molecule has 0 aromatic heterocycles. The second-order valence-electron chi connectivity index (χ2n) is 4.16. The van der Waals surface area contributed by atoms with Gasteiger partial charge in [0.05, 0.1) is 11.5 Å². The van der Waals surface area contributed by atoms with E-state index < -0.39 is 16.1 Å². The molecule has 17 heavy (non-hydrogen) atoms. The Hall–Kier alpha value is -1.11. The summed E-state index contributed by atoms with van der Waals surface area (Å²) in [6.07, 6.45) is 0. The van der Waals surface area contributed by atoms with Crippen LogP contribution in [-0.4, -0.2) is 26.2 Å². The number of aliphatic hydroxyl groups excluding tert-OH is 1. The number of benzene rings is 1. The topological polar surface area (TPSA) is 92.4 Å². The third-order valence-corrected chi connectivity index (χ3v) is 4.19. The number of hydrogen-bond donors (Lipinski definition) is 3. The molecule has 0 aliphatic carbocycles. The van der Waals surface area contributed by atoms with Crippen LogP contribution in [0.15, 0.2) is 17.0 Å². The summed E-state index contributed by atoms with van der Waals surface area (Å²) < 4.78 is 26.2. The zero-order valence-corrected chi connectivity index (χ0v) is 11.0. The minimum atomic E-state index is -3.62. The van der Waals surface area contributed by atoms with Gasteiger partial charge in [-0.3, -0.25) is 0 Å². The minimum Gasteiger partial charge on any atom is -0.398 e. The summed E-state index contributed by atoms with van der Waals surface area (Å²) in [4.78, 5) is 0.124. The van der Waals surface area contributed by atoms with E-state index in [4.69, 9.17) is 10.8 Å². The summed E-state index contributed by atoms with van der Waals surface area (Å²) in [5.74, 6) is 0. The van der Waals surface area contributed by atoms with Crippen LogP contribution in [0, 0.1) is 13.8 Å². The molecule has 1 atom stereocenters. The van der Waals surface area contributed by atoms with Crippen LogP contribution in [0.5, 0.6) is 0 Å². The van der Waals surface area contributed by atoms with Crippen molar-refractivity contribution < 1.29 is 13.5 Å². The number of nitrogens with two attached hydrogens (primary N) is 1. The van der Waals surface area contributed by atoms with E-state index >= 15 is 0 Å². The molecule has 4 N–H and O–H groups in total. The van der Waals surface area contributed by atoms with Crippen molar-refractivity contribution >= 4 is 15.7 Å². The number of nitrogens with one attached hydrogen (secondary N) is 1. The predicted octanol–water partition coefficient (Wildman–Crippen LogP) is 0.545. The van der Waals surface area contributed by atoms with Gasteiger partial charge in [0.2, 0.25) is 10.0 Å². The molecular weight excluding hydrogens is 240 g/mol. The second kappa shape index (κ2) is 5.03. The number of aryl methyl sites for hydroxylation is 1. The van der Waals surface area contributed by atoms with Crippen molar-refractivity contribution in [1.29, 1.82) is 0 Å². The monoisotopic (exact) mass is 258 g/mol. The molecular formula is C11H18N2O3S. The largest absolute Gasteiger partial charge is 0.398 e. The Morgan fingerprint density at radius 1 is 1.41 bits per heavy atom. The van der Waals surface area contributed by atoms with E-state index in [-0.39, 0.29) is 11.5 Å². The van der Waals surface area contributed by atoms with Gasteiger partial charge in [-0.1, -0.05) is 0 Å². The molecule has 0 saturated heterocycles. The predicted molar refractivity (Wildman–Crippen MR) is 67.2 cm³/mol. The number of rotatable bonds is 4. The van der Waals surface area contributed by atoms with Gasteiger partial charge in [0.25, 0.3) is 0 Å². The molecule has 0 saturated carbocycles. The standard InChI is InChI=1S/C11H18N2O3S/c1-7-4-10(5-11(12)9(7)3)17(15,16)13-8(2)6-14/h4-5,8,13-14H,6,12H2,1-3H3. The molecule has 96 valence electrons. The summed E-state index contributed by atoms with van der Waals surface area (Å²) in [6, 6.07) is 2.47. The minimum absolute atomic E-state index is 0.124. The fraction of sp³-hybridized carbons (Fsp3) is 0.455. The summed E-state index contributed by atoms with van der Waals surface area (Å²) in [5, 5.41) is 8.85. The fourth-order valence-corrected chi connectivity index (χ4v) is 2.73. The Morgan fingerprint density at radius 2 is 2.00 bits per heavy atom. The first kappa shape index (κ1) is 14.0. The zero-order chi connectivity index (χ0) is 13.2. The molecule has 0 radical (unpaired) electrons. The van der Waals surface area contributed by atoms with E-state index in [1.165, 1.54) is 6.07 Å². The number of nitrogen functional groups attached to an aromatic ring is 1. The SMILES string of the molecule is Cc1cc(S(=O)(=O)NC(C)CO)cc(N)c1C. The first-order chi connectivity index (χ1) is 7.77. The van der Waals surface area contributed by atoms with Gasteiger partial charge in [0, 0.05) is 11.7 Å². The first-order valence-corrected chi connectivity index (χ1v) is 6.76. The molecule has 0 aliphatic heterocycles. The fourth-order valence-electron chi connectivity index (χ4n) is 1.38. The lowest BCUT2D eigenvalue weighted by Gasteiger charge is -2.13. The van der Waals surface area contributed by atoms with Gasteiger partial charge in [-0.15, -0.1) is 0 Å². The number of anilines is 1. The molecule has 1 unspecified atom stereocenters. The van der Waals surface area contributed by atoms with E-state index in [1.807, 2.05) is 6.92 Å². The third-order valence-electron chi connectivity index (χ3n) is 2.62. The van der Waals surface area contributed by atoms with E-state index in [9.17, 15) is 8.42 Å². The highest BCUT2D eigenvalue weighted by Gasteiger charge is 2.18. The van der Waals surface area contributed by atoms with Gasteiger partial charge in [-0.05, 0) is 44.0 Å². The zero-order valence-electron chi connectivity index (χ0n) is 10.2. The molecule has 1 aromatic carbocycles. The van der Waals surface area contributed by atoms with Crippen LogP contribution in [0.4, 0.5) is 5.69 Å². The Kier molecular flexibility index (Phi) is 4.13. The number of sulfonamides is 1. The van der Waals surface area contributed by atoms with Gasteiger partial charge < -0.3 is 10.8 Å². The van der Waals surface area contributed by atoms with E-state index in [1.54, 1.807) is 19.9 Å². The highest BCUT2D eigenvalue weighted by Crippen LogP contribution is 2.21. The van der Waals surface area contributed by atoms with Crippen LogP contribution >= 0.6 is 0 Å². The normalized spacial score (nSPS) is 13.6. The highest BCUT2D eigenvalue weighted by molar-refractivity contribution is 7.89. The molecule has 0 bridgehead atoms. The summed E-state index contributed by atoms with van der Waals surface area (Å²) in [5.41, 5.74) is 7.88. The molecule has 1 rings (SSSR count). The summed E-state index contributed by atoms with van der Waals surface area (Å²) >= 11 is 0. The molecule has 0 spiro atoms. The lowest BCUT2D eigenvalue weighted by atomic mass is 10.1. The maximum Gasteiger partial charge on any atom is 0.240 e. The lowest BCUT2D eigenvalue weighted by molar-refractivity contribution is 0.265. The quantitative estimate of drug-likeness (QED) is 0.687. The molecule has 0 aliphatic rings. The summed E-state index contributed by atoms with van der Waals surface area (Å²) in [7, 11) is -3.62. The summed E-state index contributed by atoms with van der Waals surface area (Å²) in [6.45, 7) is 4.98. The van der Waals surface area contributed by atoms with E-state index in [2.05, 4.69) is 4.72 Å². The van der Waals surface area contributed by atoms with Crippen molar-refractivity contribution in [2.75, 3.05) is 12.3 Å². The van der Waals surface area contributed by atoms with Crippen molar-refractivity contribution in [3.05, 3.63) is 23.3 Å². The molecule has 0 heterocycles. The van der Waals surface area contributed by atoms with Crippen LogP contribution in [0.1, 0.15) is 18.1 Å². The van der Waals surface area contributed by atoms with Gasteiger partial charge in [-0.2, -0.15) is 0 Å². The van der Waals surface area contributed by atoms with Crippen molar-refractivity contribution in [3.63, 3.8) is 0 Å². The number of aliphatic hydroxyl groups is 1. The lowest BCUT2D eigenvalue weighted by Crippen LogP contribution is -2.35. The molecule has 0 fully saturated rings. The average molecular weight is 258 g/mol. The smallest absolute Gasteiger partial charge is 0.240 e. The van der Waals surface area contributed by atoms with Crippen LogP contribution in [0.25, 0.3) is 0 Å². The van der Waals surface area contributed by atoms with Gasteiger partial charge in [0.1, 0.15) is 0 Å². The highest BCUT2D eigenvalue weighted by atomic mass is 32.2. The van der Waals surface area contributed by atoms with Gasteiger partial charge in [-0.25, -0.2) is 13.1 Å². The maximum atomic E-state index is 11.9. The van der Waals surface area contributed by atoms with Crippen LogP contribution in [0.3, 0.4) is 0 Å². The Labute approximate surface area is 102 Å². The Morgan fingerprint density at radius 3 is 2.47 bits per heavy atom. The molecule has 1 aromatic rings.